The minimum absolute atomic E-state index is 0. The summed E-state index contributed by atoms with van der Waals surface area (Å²) >= 11 is 0. The van der Waals surface area contributed by atoms with Crippen LogP contribution < -0.4 is 0 Å². The van der Waals surface area contributed by atoms with Crippen molar-refractivity contribution in [2.24, 2.45) is 0 Å². The third kappa shape index (κ3) is 0.00602. The molecule has 2 radical (unpaired) electrons. The van der Waals surface area contributed by atoms with Crippen molar-refractivity contribution in [2.75, 3.05) is 0 Å². The molecule has 42 valence electrons. The minimum atomic E-state index is 0. The summed E-state index contributed by atoms with van der Waals surface area (Å²) in [7, 11) is 0. The maximum Gasteiger partial charge on any atom is 0 e. The number of hydrogen-bond acceptors (Lipinski definition) is 0. The largest absolute Gasteiger partial charge is 2.00 e. The third-order valence-electron chi connectivity index (χ3n) is 0. The molecular weight excluding hydrogens is 542 g/mol. The molecule has 0 unspecified atom stereocenters. The molecule has 0 saturated heterocycles. The first-order chi connectivity index (χ1) is 0. The summed E-state index contributed by atoms with van der Waals surface area (Å²) < 4.78 is 0. The van der Waals surface area contributed by atoms with E-state index in [4.69, 9.17) is 0 Å². The standard InChI is InChI=1S/2Bk.3O/q;;3*-2. The molecule has 0 saturated carbocycles. The molecular formula is Bk2O3-6. The summed E-state index contributed by atoms with van der Waals surface area (Å²) in [6.45, 7) is 0. The molecule has 0 amide bonds. The van der Waals surface area contributed by atoms with Crippen molar-refractivity contribution in [3.05, 3.63) is 0 Å². The van der Waals surface area contributed by atoms with Crippen LogP contribution in [0.3, 0.4) is 0 Å². The van der Waals surface area contributed by atoms with E-state index in [1.54, 1.807) is 0 Å². The van der Waals surface area contributed by atoms with Gasteiger partial charge < -0.3 is 16.4 Å². The Balaban J connectivity index is 0. The maximum absolute atomic E-state index is 0. The zero-order valence-electron chi connectivity index (χ0n) is 1.89. The zero-order valence-corrected chi connectivity index (χ0v) is 7.44. The Labute approximate surface area is 17.8 Å². The van der Waals surface area contributed by atoms with E-state index in [1.807, 2.05) is 0 Å². The van der Waals surface area contributed by atoms with Crippen LogP contribution in [0, 0.1) is 0 Å². The Morgan fingerprint density at radius 2 is 0.400 bits per heavy atom. The molecule has 0 N–H and O–H groups in total. The Kier molecular flexibility index (Phi) is 0.147. The van der Waals surface area contributed by atoms with Crippen LogP contribution in [0.5, 0.6) is 0 Å². The van der Waals surface area contributed by atoms with Gasteiger partial charge >= 0.3 is 0 Å². The summed E-state index contributed by atoms with van der Waals surface area (Å²) in [5.41, 5.74) is 0. The minimum Gasteiger partial charge on any atom is -2.00 e. The molecule has 0 rings (SSSR count). The second-order valence-electron chi connectivity index (χ2n) is 0. The van der Waals surface area contributed by atoms with Crippen molar-refractivity contribution in [1.29, 1.82) is 0 Å². The average Bonchev–Trinajstić information content (AvgIpc) is 0. The molecule has 0 aromatic rings. The van der Waals surface area contributed by atoms with Gasteiger partial charge in [-0.2, -0.15) is 0 Å². The van der Waals surface area contributed by atoms with E-state index in [1.165, 1.54) is 0 Å². The molecule has 0 fully saturated rings. The van der Waals surface area contributed by atoms with E-state index >= 15 is 0 Å². The molecule has 0 spiro atoms. The smallest absolute Gasteiger partial charge is 0 e. The van der Waals surface area contributed by atoms with Gasteiger partial charge in [0.2, 0.25) is 0 Å². The molecule has 0 aliphatic carbocycles. The van der Waals surface area contributed by atoms with Gasteiger partial charge in [0.25, 0.3) is 0 Å². The molecule has 0 aromatic carbocycles. The quantitative estimate of drug-likeness (QED) is 0.401. The van der Waals surface area contributed by atoms with Crippen molar-refractivity contribution in [2.45, 2.75) is 0 Å². The first-order valence-electron chi connectivity index (χ1n) is 0. The van der Waals surface area contributed by atoms with Gasteiger partial charge in [-0.25, -0.2) is 0 Å². The fraction of sp³-hybridized carbons (Fsp3) is 0. The molecule has 0 bridgehead atoms. The van der Waals surface area contributed by atoms with Gasteiger partial charge in [0.05, 0.1) is 0 Å². The number of rotatable bonds is 0. The molecule has 0 aliphatic rings. The summed E-state index contributed by atoms with van der Waals surface area (Å²) in [5.74, 6) is 0. The van der Waals surface area contributed by atoms with Crippen molar-refractivity contribution in [1.82, 2.24) is 0 Å². The number of hydrogen-bond donors (Lipinski definition) is 0. The normalized spacial score (nSPS) is 0. The van der Waals surface area contributed by atoms with E-state index in [2.05, 4.69) is 0 Å². The molecule has 5 heavy (non-hydrogen) atoms. The fourth-order valence-electron chi connectivity index (χ4n) is 0. The van der Waals surface area contributed by atoms with E-state index in [9.17, 15) is 0 Å². The van der Waals surface area contributed by atoms with E-state index < -0.39 is 0 Å². The van der Waals surface area contributed by atoms with Gasteiger partial charge in [-0.05, 0) is 0 Å². The van der Waals surface area contributed by atoms with Crippen LogP contribution in [0.4, 0.5) is 0 Å². The Morgan fingerprint density at radius 3 is 0.400 bits per heavy atom. The first-order valence-corrected chi connectivity index (χ1v) is 0. The van der Waals surface area contributed by atoms with Crippen LogP contribution in [0.15, 0.2) is 0 Å². The second-order valence-corrected chi connectivity index (χ2v) is 0. The van der Waals surface area contributed by atoms with Crippen molar-refractivity contribution in [3.8, 4) is 0 Å². The summed E-state index contributed by atoms with van der Waals surface area (Å²) in [4.78, 5) is 0. The Bertz CT molecular complexity index is 4.85. The molecule has 0 aliphatic heterocycles. The monoisotopic (exact) mass is 542 g/mol. The summed E-state index contributed by atoms with van der Waals surface area (Å²) in [6, 6.07) is 0. The van der Waals surface area contributed by atoms with Gasteiger partial charge in [0.15, 0.2) is 0 Å². The van der Waals surface area contributed by atoms with Crippen molar-refractivity contribution in [3.63, 3.8) is 0 Å². The fourth-order valence-corrected chi connectivity index (χ4v) is 0. The van der Waals surface area contributed by atoms with Gasteiger partial charge in [0, 0.05) is 0 Å². The van der Waals surface area contributed by atoms with E-state index in [0.29, 0.717) is 0 Å². The summed E-state index contributed by atoms with van der Waals surface area (Å²) in [5, 5.41) is 0. The Hall–Kier alpha value is -2.12. The van der Waals surface area contributed by atoms with Crippen LogP contribution in [0.25, 0.3) is 0 Å². The van der Waals surface area contributed by atoms with Gasteiger partial charge in [-0.15, -0.1) is 0 Å². The third-order valence-corrected chi connectivity index (χ3v) is 0. The molecule has 0 aromatic heterocycles. The summed E-state index contributed by atoms with van der Waals surface area (Å²) in [6.07, 6.45) is 0. The predicted molar refractivity (Wildman–Crippen MR) is 2.06 cm³/mol. The van der Waals surface area contributed by atoms with Gasteiger partial charge in [-0.1, -0.05) is 0 Å². The molecule has 0 heterocycles. The van der Waals surface area contributed by atoms with Crippen LogP contribution in [0.2, 0.25) is 0 Å². The van der Waals surface area contributed by atoms with E-state index in [-0.39, 0.29) is 16.4 Å². The first kappa shape index (κ1) is 2.26. The molecule has 3 nitrogen and oxygen atoms in total. The molecule has 0 atom stereocenters. The molecule has 5 heteroatoms. The average molecular weight is 542 g/mol. The zero-order chi connectivity index (χ0) is 0. The van der Waals surface area contributed by atoms with Crippen LogP contribution in [0.1, 0.15) is 0 Å². The Morgan fingerprint density at radius 1 is 0.400 bits per heavy atom. The van der Waals surface area contributed by atoms with Crippen LogP contribution >= 0.6 is 0 Å². The predicted octanol–water partition coefficient (Wildman–Crippen LogP) is -0.356. The van der Waals surface area contributed by atoms with Crippen LogP contribution in [-0.4, -0.2) is 0 Å². The van der Waals surface area contributed by atoms with Gasteiger partial charge in [0.1, 0.15) is 0 Å². The second kappa shape index (κ2) is 0.324. The SMILES string of the molecule is [Bk].[Bk].[O-2].[O-2].[O-2]. The maximum atomic E-state index is 0. The van der Waals surface area contributed by atoms with Crippen molar-refractivity contribution < 1.29 is 16.4 Å². The topological polar surface area (TPSA) is 85.5 Å². The van der Waals surface area contributed by atoms with E-state index in [0.717, 1.165) is 0 Å². The van der Waals surface area contributed by atoms with Crippen molar-refractivity contribution >= 4 is 0 Å². The van der Waals surface area contributed by atoms with Crippen LogP contribution in [-0.2, 0) is 16.4 Å². The van der Waals surface area contributed by atoms with Gasteiger partial charge in [-0.3, -0.25) is 0 Å².